The number of aliphatic hydroxyl groups is 1. The molecule has 7 heteroatoms. The van der Waals surface area contributed by atoms with Gasteiger partial charge in [0.1, 0.15) is 0 Å². The van der Waals surface area contributed by atoms with Crippen molar-refractivity contribution in [1.29, 1.82) is 0 Å². The van der Waals surface area contributed by atoms with Crippen LogP contribution in [0.15, 0.2) is 24.3 Å². The summed E-state index contributed by atoms with van der Waals surface area (Å²) in [6, 6.07) is 6.39. The van der Waals surface area contributed by atoms with E-state index in [2.05, 4.69) is 10.6 Å². The number of urea groups is 1. The summed E-state index contributed by atoms with van der Waals surface area (Å²) in [4.78, 5) is 11.2. The summed E-state index contributed by atoms with van der Waals surface area (Å²) in [6.45, 7) is 1.26. The van der Waals surface area contributed by atoms with Gasteiger partial charge in [-0.15, -0.1) is 0 Å². The Morgan fingerprint density at radius 2 is 1.95 bits per heavy atom. The van der Waals surface area contributed by atoms with Crippen molar-refractivity contribution >= 4 is 6.03 Å². The number of carbonyl (C=O) groups is 1. The summed E-state index contributed by atoms with van der Waals surface area (Å²) in [5, 5.41) is 14.3. The van der Waals surface area contributed by atoms with Gasteiger partial charge >= 0.3 is 12.2 Å². The fourth-order valence-corrected chi connectivity index (χ4v) is 1.64. The molecule has 0 saturated heterocycles. The van der Waals surface area contributed by atoms with Gasteiger partial charge in [0.2, 0.25) is 0 Å². The van der Waals surface area contributed by atoms with Gasteiger partial charge in [-0.3, -0.25) is 0 Å². The number of hydrogen-bond donors (Lipinski definition) is 3. The standard InChI is InChI=1S/C13H17F3N2O2/c1-9-4-2-3-5-10(9)11(19)8-18-12(20)17-7-6-13(14,15)16/h2-5,11,19H,6-8H2,1H3,(H2,17,18,20). The fraction of sp³-hybridized carbons (Fsp3) is 0.462. The minimum Gasteiger partial charge on any atom is -0.387 e. The number of alkyl halides is 3. The number of aryl methyl sites for hydroxylation is 1. The van der Waals surface area contributed by atoms with E-state index in [4.69, 9.17) is 0 Å². The van der Waals surface area contributed by atoms with E-state index >= 15 is 0 Å². The van der Waals surface area contributed by atoms with Crippen LogP contribution in [0.2, 0.25) is 0 Å². The first kappa shape index (κ1) is 16.3. The van der Waals surface area contributed by atoms with Gasteiger partial charge in [0.15, 0.2) is 0 Å². The van der Waals surface area contributed by atoms with Crippen molar-refractivity contribution in [3.8, 4) is 0 Å². The van der Waals surface area contributed by atoms with Gasteiger partial charge in [-0.2, -0.15) is 13.2 Å². The average molecular weight is 290 g/mol. The lowest BCUT2D eigenvalue weighted by Gasteiger charge is -2.15. The highest BCUT2D eigenvalue weighted by Gasteiger charge is 2.26. The zero-order valence-corrected chi connectivity index (χ0v) is 11.0. The Kier molecular flexibility index (Phi) is 5.82. The predicted octanol–water partition coefficient (Wildman–Crippen LogP) is 2.28. The smallest absolute Gasteiger partial charge is 0.387 e. The predicted molar refractivity (Wildman–Crippen MR) is 68.2 cm³/mol. The molecular formula is C13H17F3N2O2. The Bertz CT molecular complexity index is 449. The van der Waals surface area contributed by atoms with Crippen LogP contribution in [0.3, 0.4) is 0 Å². The van der Waals surface area contributed by atoms with Gasteiger partial charge in [-0.25, -0.2) is 4.79 Å². The molecule has 0 saturated carbocycles. The van der Waals surface area contributed by atoms with Crippen LogP contribution in [0.25, 0.3) is 0 Å². The maximum Gasteiger partial charge on any atom is 0.390 e. The van der Waals surface area contributed by atoms with Crippen LogP contribution in [-0.2, 0) is 0 Å². The molecule has 0 aliphatic rings. The summed E-state index contributed by atoms with van der Waals surface area (Å²) in [7, 11) is 0. The second kappa shape index (κ2) is 7.14. The maximum absolute atomic E-state index is 11.9. The number of benzene rings is 1. The molecule has 0 spiro atoms. The second-order valence-corrected chi connectivity index (χ2v) is 4.37. The lowest BCUT2D eigenvalue weighted by molar-refractivity contribution is -0.132. The molecule has 0 radical (unpaired) electrons. The third-order valence-electron chi connectivity index (χ3n) is 2.70. The number of hydrogen-bond acceptors (Lipinski definition) is 2. The molecule has 0 bridgehead atoms. The van der Waals surface area contributed by atoms with E-state index in [0.29, 0.717) is 5.56 Å². The topological polar surface area (TPSA) is 61.4 Å². The highest BCUT2D eigenvalue weighted by molar-refractivity contribution is 5.73. The van der Waals surface area contributed by atoms with Gasteiger partial charge in [0.25, 0.3) is 0 Å². The lowest BCUT2D eigenvalue weighted by atomic mass is 10.0. The number of halogens is 3. The third-order valence-corrected chi connectivity index (χ3v) is 2.70. The van der Waals surface area contributed by atoms with Crippen molar-refractivity contribution in [1.82, 2.24) is 10.6 Å². The van der Waals surface area contributed by atoms with Crippen molar-refractivity contribution in [2.45, 2.75) is 25.6 Å². The quantitative estimate of drug-likeness (QED) is 0.779. The molecule has 112 valence electrons. The number of rotatable bonds is 5. The van der Waals surface area contributed by atoms with Crippen LogP contribution in [0.4, 0.5) is 18.0 Å². The molecule has 0 aliphatic heterocycles. The van der Waals surface area contributed by atoms with Crippen LogP contribution >= 0.6 is 0 Å². The first-order valence-corrected chi connectivity index (χ1v) is 6.11. The molecule has 1 atom stereocenters. The zero-order chi connectivity index (χ0) is 15.2. The Labute approximate surface area is 115 Å². The summed E-state index contributed by atoms with van der Waals surface area (Å²) in [6.07, 6.45) is -6.28. The monoisotopic (exact) mass is 290 g/mol. The fourth-order valence-electron chi connectivity index (χ4n) is 1.64. The summed E-state index contributed by atoms with van der Waals surface area (Å²) in [5.74, 6) is 0. The molecule has 1 rings (SSSR count). The van der Waals surface area contributed by atoms with Crippen LogP contribution in [0.1, 0.15) is 23.7 Å². The Morgan fingerprint density at radius 1 is 1.30 bits per heavy atom. The highest BCUT2D eigenvalue weighted by atomic mass is 19.4. The van der Waals surface area contributed by atoms with E-state index in [0.717, 1.165) is 5.56 Å². The molecular weight excluding hydrogens is 273 g/mol. The molecule has 4 nitrogen and oxygen atoms in total. The summed E-state index contributed by atoms with van der Waals surface area (Å²) in [5.41, 5.74) is 1.54. The minimum absolute atomic E-state index is 0.0668. The number of nitrogens with one attached hydrogen (secondary N) is 2. The maximum atomic E-state index is 11.9. The first-order chi connectivity index (χ1) is 9.29. The van der Waals surface area contributed by atoms with E-state index in [1.54, 1.807) is 12.1 Å². The van der Waals surface area contributed by atoms with Crippen LogP contribution in [0, 0.1) is 6.92 Å². The molecule has 0 fully saturated rings. The van der Waals surface area contributed by atoms with E-state index in [9.17, 15) is 23.1 Å². The first-order valence-electron chi connectivity index (χ1n) is 6.11. The summed E-state index contributed by atoms with van der Waals surface area (Å²) < 4.78 is 35.6. The van der Waals surface area contributed by atoms with Crippen molar-refractivity contribution in [2.75, 3.05) is 13.1 Å². The number of carbonyl (C=O) groups excluding carboxylic acids is 1. The van der Waals surface area contributed by atoms with E-state index in [-0.39, 0.29) is 6.54 Å². The van der Waals surface area contributed by atoms with Gasteiger partial charge in [0, 0.05) is 13.1 Å². The molecule has 0 heterocycles. The van der Waals surface area contributed by atoms with Gasteiger partial charge in [-0.05, 0) is 18.1 Å². The molecule has 1 aromatic carbocycles. The Morgan fingerprint density at radius 3 is 2.55 bits per heavy atom. The van der Waals surface area contributed by atoms with Crippen LogP contribution in [-0.4, -0.2) is 30.4 Å². The molecule has 3 N–H and O–H groups in total. The van der Waals surface area contributed by atoms with Crippen molar-refractivity contribution < 1.29 is 23.1 Å². The van der Waals surface area contributed by atoms with E-state index in [1.807, 2.05) is 19.1 Å². The molecule has 1 unspecified atom stereocenters. The SMILES string of the molecule is Cc1ccccc1C(O)CNC(=O)NCCC(F)(F)F. The van der Waals surface area contributed by atoms with Crippen LogP contribution < -0.4 is 10.6 Å². The Hall–Kier alpha value is -1.76. The Balaban J connectivity index is 2.32. The summed E-state index contributed by atoms with van der Waals surface area (Å²) >= 11 is 0. The van der Waals surface area contributed by atoms with E-state index in [1.165, 1.54) is 0 Å². The lowest BCUT2D eigenvalue weighted by Crippen LogP contribution is -2.39. The van der Waals surface area contributed by atoms with Crippen molar-refractivity contribution in [3.05, 3.63) is 35.4 Å². The minimum atomic E-state index is -4.30. The normalized spacial score (nSPS) is 12.8. The zero-order valence-electron chi connectivity index (χ0n) is 11.0. The van der Waals surface area contributed by atoms with Crippen LogP contribution in [0.5, 0.6) is 0 Å². The van der Waals surface area contributed by atoms with E-state index < -0.39 is 31.3 Å². The second-order valence-electron chi connectivity index (χ2n) is 4.37. The average Bonchev–Trinajstić information content (AvgIpc) is 2.35. The van der Waals surface area contributed by atoms with Crippen molar-refractivity contribution in [2.24, 2.45) is 0 Å². The van der Waals surface area contributed by atoms with Gasteiger partial charge in [-0.1, -0.05) is 24.3 Å². The molecule has 2 amide bonds. The molecule has 0 aromatic heterocycles. The van der Waals surface area contributed by atoms with Gasteiger partial charge in [0.05, 0.1) is 12.5 Å². The third kappa shape index (κ3) is 5.92. The van der Waals surface area contributed by atoms with Gasteiger partial charge < -0.3 is 15.7 Å². The molecule has 1 aromatic rings. The van der Waals surface area contributed by atoms with Crippen molar-refractivity contribution in [3.63, 3.8) is 0 Å². The number of aliphatic hydroxyl groups excluding tert-OH is 1. The molecule has 20 heavy (non-hydrogen) atoms. The highest BCUT2D eigenvalue weighted by Crippen LogP contribution is 2.18. The molecule has 0 aliphatic carbocycles. The number of amides is 2. The largest absolute Gasteiger partial charge is 0.390 e.